The van der Waals surface area contributed by atoms with Gasteiger partial charge in [-0.25, -0.2) is 9.97 Å². The predicted molar refractivity (Wildman–Crippen MR) is 92.8 cm³/mol. The van der Waals surface area contributed by atoms with Crippen molar-refractivity contribution in [3.05, 3.63) is 60.3 Å². The molecular weight excluding hydrogens is 340 g/mol. The molecule has 0 aliphatic carbocycles. The molecule has 3 aromatic heterocycles. The van der Waals surface area contributed by atoms with Gasteiger partial charge in [-0.15, -0.1) is 0 Å². The lowest BCUT2D eigenvalue weighted by Gasteiger charge is -2.10. The number of rotatable bonds is 7. The second-order valence-corrected chi connectivity index (χ2v) is 5.37. The van der Waals surface area contributed by atoms with Crippen molar-refractivity contribution in [2.45, 2.75) is 26.5 Å². The minimum atomic E-state index is -2.86. The molecule has 3 heterocycles. The first-order valence-electron chi connectivity index (χ1n) is 8.06. The van der Waals surface area contributed by atoms with Crippen molar-refractivity contribution < 1.29 is 13.5 Å². The number of aromatic nitrogens is 4. The van der Waals surface area contributed by atoms with E-state index in [1.54, 1.807) is 18.5 Å². The van der Waals surface area contributed by atoms with Crippen LogP contribution in [0, 0.1) is 0 Å². The Labute approximate surface area is 149 Å². The Bertz CT molecular complexity index is 844. The lowest BCUT2D eigenvalue weighted by molar-refractivity contribution is -0.0500. The molecular formula is C18H17F2N5O. The molecule has 3 aromatic rings. The first-order chi connectivity index (χ1) is 12.6. The number of nitrogens with zero attached hydrogens (tertiary/aromatic N) is 4. The number of halogens is 2. The number of anilines is 1. The fourth-order valence-corrected chi connectivity index (χ4v) is 2.27. The molecule has 0 aliphatic rings. The van der Waals surface area contributed by atoms with Crippen LogP contribution in [0.5, 0.6) is 5.75 Å². The number of hydrogen-bond acceptors (Lipinski definition) is 6. The van der Waals surface area contributed by atoms with E-state index in [2.05, 4.69) is 30.0 Å². The molecule has 0 amide bonds. The lowest BCUT2D eigenvalue weighted by Crippen LogP contribution is -2.07. The van der Waals surface area contributed by atoms with Crippen LogP contribution in [0.3, 0.4) is 0 Å². The van der Waals surface area contributed by atoms with Gasteiger partial charge in [-0.1, -0.05) is 6.92 Å². The highest BCUT2D eigenvalue weighted by atomic mass is 19.3. The zero-order chi connectivity index (χ0) is 18.4. The van der Waals surface area contributed by atoms with E-state index in [4.69, 9.17) is 0 Å². The highest BCUT2D eigenvalue weighted by Gasteiger charge is 2.07. The van der Waals surface area contributed by atoms with Crippen LogP contribution in [0.2, 0.25) is 0 Å². The van der Waals surface area contributed by atoms with E-state index in [9.17, 15) is 8.78 Å². The molecule has 134 valence electrons. The Morgan fingerprint density at radius 1 is 1.08 bits per heavy atom. The summed E-state index contributed by atoms with van der Waals surface area (Å²) < 4.78 is 28.6. The van der Waals surface area contributed by atoms with Crippen LogP contribution in [-0.4, -0.2) is 26.5 Å². The summed E-state index contributed by atoms with van der Waals surface area (Å²) in [4.78, 5) is 17.2. The third-order valence-electron chi connectivity index (χ3n) is 3.55. The van der Waals surface area contributed by atoms with Crippen LogP contribution in [-0.2, 0) is 13.0 Å². The van der Waals surface area contributed by atoms with Crippen LogP contribution >= 0.6 is 0 Å². The highest BCUT2D eigenvalue weighted by Crippen LogP contribution is 2.18. The second kappa shape index (κ2) is 8.28. The third kappa shape index (κ3) is 4.69. The molecule has 0 aliphatic heterocycles. The first kappa shape index (κ1) is 17.7. The van der Waals surface area contributed by atoms with Crippen molar-refractivity contribution in [2.24, 2.45) is 0 Å². The summed E-state index contributed by atoms with van der Waals surface area (Å²) in [5, 5.41) is 3.19. The molecule has 8 heteroatoms. The van der Waals surface area contributed by atoms with Crippen molar-refractivity contribution in [2.75, 3.05) is 5.32 Å². The third-order valence-corrected chi connectivity index (χ3v) is 3.55. The van der Waals surface area contributed by atoms with E-state index >= 15 is 0 Å². The van der Waals surface area contributed by atoms with Gasteiger partial charge in [0.1, 0.15) is 11.6 Å². The van der Waals surface area contributed by atoms with E-state index in [1.165, 1.54) is 12.3 Å². The van der Waals surface area contributed by atoms with E-state index in [0.29, 0.717) is 23.9 Å². The summed E-state index contributed by atoms with van der Waals surface area (Å²) >= 11 is 0. The summed E-state index contributed by atoms with van der Waals surface area (Å²) in [7, 11) is 0. The molecule has 6 nitrogen and oxygen atoms in total. The molecule has 0 fully saturated rings. The lowest BCUT2D eigenvalue weighted by atomic mass is 10.2. The molecule has 0 radical (unpaired) electrons. The molecule has 0 unspecified atom stereocenters. The first-order valence-corrected chi connectivity index (χ1v) is 8.06. The molecule has 0 bridgehead atoms. The summed E-state index contributed by atoms with van der Waals surface area (Å²) in [6, 6.07) is 8.65. The van der Waals surface area contributed by atoms with E-state index < -0.39 is 6.61 Å². The number of hydrogen-bond donors (Lipinski definition) is 1. The van der Waals surface area contributed by atoms with Gasteiger partial charge < -0.3 is 10.1 Å². The molecule has 26 heavy (non-hydrogen) atoms. The topological polar surface area (TPSA) is 72.8 Å². The maximum Gasteiger partial charge on any atom is 0.387 e. The SMILES string of the molecule is CCc1cc(NCc2ccc(OC(F)F)cn2)nc(-c2ccncc2)n1. The Hall–Kier alpha value is -3.16. The molecule has 3 rings (SSSR count). The van der Waals surface area contributed by atoms with Gasteiger partial charge in [-0.05, 0) is 30.7 Å². The van der Waals surface area contributed by atoms with Crippen molar-refractivity contribution in [3.63, 3.8) is 0 Å². The van der Waals surface area contributed by atoms with Crippen LogP contribution < -0.4 is 10.1 Å². The monoisotopic (exact) mass is 357 g/mol. The van der Waals surface area contributed by atoms with Gasteiger partial charge >= 0.3 is 6.61 Å². The smallest absolute Gasteiger partial charge is 0.387 e. The van der Waals surface area contributed by atoms with Crippen molar-refractivity contribution in [1.82, 2.24) is 19.9 Å². The van der Waals surface area contributed by atoms with Gasteiger partial charge in [0.15, 0.2) is 5.82 Å². The average molecular weight is 357 g/mol. The minimum absolute atomic E-state index is 0.0269. The van der Waals surface area contributed by atoms with Crippen molar-refractivity contribution >= 4 is 5.82 Å². The van der Waals surface area contributed by atoms with Gasteiger partial charge in [0, 0.05) is 29.7 Å². The molecule has 0 spiro atoms. The maximum absolute atomic E-state index is 12.2. The van der Waals surface area contributed by atoms with Crippen LogP contribution in [0.25, 0.3) is 11.4 Å². The average Bonchev–Trinajstić information content (AvgIpc) is 2.67. The van der Waals surface area contributed by atoms with Crippen LogP contribution in [0.15, 0.2) is 48.9 Å². The highest BCUT2D eigenvalue weighted by molar-refractivity contribution is 5.56. The molecule has 0 saturated carbocycles. The fourth-order valence-electron chi connectivity index (χ4n) is 2.27. The molecule has 0 atom stereocenters. The summed E-state index contributed by atoms with van der Waals surface area (Å²) in [6.07, 6.45) is 5.42. The quantitative estimate of drug-likeness (QED) is 0.695. The number of nitrogens with one attached hydrogen (secondary N) is 1. The van der Waals surface area contributed by atoms with Crippen LogP contribution in [0.4, 0.5) is 14.6 Å². The van der Waals surface area contributed by atoms with Gasteiger partial charge in [0.2, 0.25) is 0 Å². The van der Waals surface area contributed by atoms with Gasteiger partial charge in [-0.2, -0.15) is 8.78 Å². The zero-order valence-electron chi connectivity index (χ0n) is 14.1. The van der Waals surface area contributed by atoms with Gasteiger partial charge in [-0.3, -0.25) is 9.97 Å². The number of ether oxygens (including phenoxy) is 1. The summed E-state index contributed by atoms with van der Waals surface area (Å²) in [5.41, 5.74) is 2.46. The van der Waals surface area contributed by atoms with Crippen molar-refractivity contribution in [3.8, 4) is 17.1 Å². The van der Waals surface area contributed by atoms with Crippen molar-refractivity contribution in [1.29, 1.82) is 0 Å². The Balaban J connectivity index is 1.73. The molecule has 0 saturated heterocycles. The molecule has 0 aromatic carbocycles. The zero-order valence-corrected chi connectivity index (χ0v) is 14.1. The van der Waals surface area contributed by atoms with E-state index in [-0.39, 0.29) is 5.75 Å². The number of pyridine rings is 2. The minimum Gasteiger partial charge on any atom is -0.433 e. The molecule has 1 N–H and O–H groups in total. The maximum atomic E-state index is 12.2. The Morgan fingerprint density at radius 2 is 1.88 bits per heavy atom. The summed E-state index contributed by atoms with van der Waals surface area (Å²) in [6.45, 7) is -0.447. The fraction of sp³-hybridized carbons (Fsp3) is 0.222. The van der Waals surface area contributed by atoms with Gasteiger partial charge in [0.05, 0.1) is 18.4 Å². The number of aryl methyl sites for hydroxylation is 1. The second-order valence-electron chi connectivity index (χ2n) is 5.37. The van der Waals surface area contributed by atoms with E-state index in [0.717, 1.165) is 17.7 Å². The Morgan fingerprint density at radius 3 is 2.54 bits per heavy atom. The number of alkyl halides is 2. The largest absolute Gasteiger partial charge is 0.433 e. The standard InChI is InChI=1S/C18H17F2N5O/c1-2-13-9-16(25-17(24-13)12-5-7-21-8-6-12)23-10-14-3-4-15(11-22-14)26-18(19)20/h3-9,11,18H,2,10H2,1H3,(H,23,24,25). The Kier molecular flexibility index (Phi) is 5.62. The van der Waals surface area contributed by atoms with Crippen LogP contribution in [0.1, 0.15) is 18.3 Å². The summed E-state index contributed by atoms with van der Waals surface area (Å²) in [5.74, 6) is 1.31. The normalized spacial score (nSPS) is 10.8. The predicted octanol–water partition coefficient (Wildman–Crippen LogP) is 3.71. The van der Waals surface area contributed by atoms with Gasteiger partial charge in [0.25, 0.3) is 0 Å². The van der Waals surface area contributed by atoms with E-state index in [1.807, 2.05) is 25.1 Å².